The fraction of sp³-hybridized carbons (Fsp3) is 0.500. The second-order valence-electron chi connectivity index (χ2n) is 4.77. The van der Waals surface area contributed by atoms with Crippen molar-refractivity contribution in [3.8, 4) is 0 Å². The van der Waals surface area contributed by atoms with Crippen LogP contribution in [0.1, 0.15) is 12.5 Å². The summed E-state index contributed by atoms with van der Waals surface area (Å²) in [5, 5.41) is 26.7. The smallest absolute Gasteiger partial charge is 0.163 e. The summed E-state index contributed by atoms with van der Waals surface area (Å²) in [6.07, 6.45) is 0.630. The van der Waals surface area contributed by atoms with Gasteiger partial charge in [0, 0.05) is 9.82 Å². The van der Waals surface area contributed by atoms with Gasteiger partial charge in [0.2, 0.25) is 0 Å². The number of hydrogen-bond donors (Lipinski definition) is 2. The van der Waals surface area contributed by atoms with E-state index in [-0.39, 0.29) is 17.8 Å². The van der Waals surface area contributed by atoms with E-state index in [9.17, 15) is 10.2 Å². The molecule has 2 aromatic rings. The zero-order valence-corrected chi connectivity index (χ0v) is 11.0. The summed E-state index contributed by atoms with van der Waals surface area (Å²) >= 11 is 0. The summed E-state index contributed by atoms with van der Waals surface area (Å²) in [6.45, 7) is 0. The van der Waals surface area contributed by atoms with E-state index in [1.807, 2.05) is 0 Å². The lowest BCUT2D eigenvalue weighted by Crippen LogP contribution is -2.29. The van der Waals surface area contributed by atoms with E-state index < -0.39 is 24.3 Å². The number of hydrogen-bond acceptors (Lipinski definition) is 7. The number of aromatic nitrogens is 4. The van der Waals surface area contributed by atoms with Crippen molar-refractivity contribution in [2.45, 2.75) is 30.7 Å². The first-order chi connectivity index (χ1) is 10.7. The fourth-order valence-electron chi connectivity index (χ4n) is 2.66. The third-order valence-corrected chi connectivity index (χ3v) is 3.64. The lowest BCUT2D eigenvalue weighted by molar-refractivity contribution is 0.0363. The first-order valence-electron chi connectivity index (χ1n) is 6.30. The van der Waals surface area contributed by atoms with Crippen LogP contribution in [0.5, 0.6) is 0 Å². The van der Waals surface area contributed by atoms with Crippen LogP contribution in [-0.4, -0.2) is 48.0 Å². The molecule has 112 valence electrons. The number of imidazole rings is 1. The number of rotatable bonds is 3. The molecule has 4 atom stereocenters. The van der Waals surface area contributed by atoms with Crippen LogP contribution in [-0.2, 0) is 0 Å². The topological polar surface area (TPSA) is 182 Å². The van der Waals surface area contributed by atoms with Gasteiger partial charge >= 0.3 is 0 Å². The van der Waals surface area contributed by atoms with Crippen LogP contribution in [0, 0.1) is 0 Å². The van der Waals surface area contributed by atoms with Crippen LogP contribution in [0.25, 0.3) is 32.0 Å². The molecule has 22 heavy (non-hydrogen) atoms. The summed E-state index contributed by atoms with van der Waals surface area (Å²) in [7, 11) is 0. The van der Waals surface area contributed by atoms with Gasteiger partial charge < -0.3 is 14.8 Å². The van der Waals surface area contributed by atoms with Gasteiger partial charge in [-0.1, -0.05) is 5.11 Å². The van der Waals surface area contributed by atoms with Crippen LogP contribution in [0.2, 0.25) is 0 Å². The van der Waals surface area contributed by atoms with Gasteiger partial charge in [-0.15, -0.1) is 0 Å². The summed E-state index contributed by atoms with van der Waals surface area (Å²) in [6, 6.07) is -1.37. The molecule has 0 bridgehead atoms. The molecule has 1 saturated carbocycles. The Kier molecular flexibility index (Phi) is 3.49. The molecule has 0 amide bonds. The quantitative estimate of drug-likeness (QED) is 0.488. The van der Waals surface area contributed by atoms with Crippen LogP contribution in [0.15, 0.2) is 22.9 Å². The molecular weight excluding hydrogens is 292 g/mol. The van der Waals surface area contributed by atoms with E-state index in [1.165, 1.54) is 12.7 Å². The van der Waals surface area contributed by atoms with E-state index in [2.05, 4.69) is 35.0 Å². The zero-order chi connectivity index (χ0) is 15.7. The lowest BCUT2D eigenvalue weighted by atomic mass is 10.1. The summed E-state index contributed by atoms with van der Waals surface area (Å²) in [5.74, 6) is 0.0747. The molecule has 0 radical (unpaired) electrons. The second kappa shape index (κ2) is 5.47. The number of fused-ring (bicyclic) bond motifs is 1. The third kappa shape index (κ3) is 2.08. The first-order valence-corrected chi connectivity index (χ1v) is 6.30. The number of nitrogens with zero attached hydrogens (tertiary/aromatic N) is 10. The van der Waals surface area contributed by atoms with Crippen LogP contribution < -0.4 is 0 Å². The minimum absolute atomic E-state index is 0.0747. The Bertz CT molecular complexity index is 805. The predicted octanol–water partition coefficient (Wildman–Crippen LogP) is 1.11. The standard InChI is InChI=1S/C10H10N10O2/c11-18-16-6-4(1-5(21)8(6)22)20-3-15-7-9(17-19-12)13-2-14-10(7)20/h2-6,8,21-22H,1H2/t4-,5+,6+,8+/m1/s1. The highest BCUT2D eigenvalue weighted by Gasteiger charge is 2.42. The third-order valence-electron chi connectivity index (χ3n) is 3.64. The van der Waals surface area contributed by atoms with E-state index in [0.717, 1.165) is 0 Å². The highest BCUT2D eigenvalue weighted by Crippen LogP contribution is 2.35. The van der Waals surface area contributed by atoms with Gasteiger partial charge in [0.1, 0.15) is 11.8 Å². The van der Waals surface area contributed by atoms with Gasteiger partial charge in [0.05, 0.1) is 30.6 Å². The maximum absolute atomic E-state index is 9.92. The Morgan fingerprint density at radius 1 is 1.23 bits per heavy atom. The van der Waals surface area contributed by atoms with Crippen molar-refractivity contribution in [1.29, 1.82) is 0 Å². The molecule has 2 heterocycles. The normalized spacial score (nSPS) is 27.4. The summed E-state index contributed by atoms with van der Waals surface area (Å²) in [5.41, 5.74) is 17.8. The molecule has 1 aliphatic carbocycles. The van der Waals surface area contributed by atoms with Crippen LogP contribution >= 0.6 is 0 Å². The molecule has 0 aromatic carbocycles. The molecule has 0 unspecified atom stereocenters. The van der Waals surface area contributed by atoms with Crippen LogP contribution in [0.3, 0.4) is 0 Å². The molecule has 2 aromatic heterocycles. The van der Waals surface area contributed by atoms with Gasteiger partial charge in [-0.2, -0.15) is 0 Å². The average Bonchev–Trinajstić information content (AvgIpc) is 3.05. The monoisotopic (exact) mass is 302 g/mol. The fourth-order valence-corrected chi connectivity index (χ4v) is 2.66. The first kappa shape index (κ1) is 14.0. The minimum Gasteiger partial charge on any atom is -0.390 e. The van der Waals surface area contributed by atoms with Crippen molar-refractivity contribution >= 4 is 17.0 Å². The van der Waals surface area contributed by atoms with Gasteiger partial charge in [-0.05, 0) is 22.6 Å². The van der Waals surface area contributed by atoms with Crippen molar-refractivity contribution in [2.24, 2.45) is 10.2 Å². The van der Waals surface area contributed by atoms with Crippen molar-refractivity contribution in [3.05, 3.63) is 33.5 Å². The average molecular weight is 302 g/mol. The van der Waals surface area contributed by atoms with Crippen molar-refractivity contribution in [2.75, 3.05) is 0 Å². The number of aliphatic hydroxyl groups is 2. The predicted molar refractivity (Wildman–Crippen MR) is 72.7 cm³/mol. The lowest BCUT2D eigenvalue weighted by Gasteiger charge is -2.18. The Balaban J connectivity index is 2.12. The molecule has 1 aliphatic rings. The highest BCUT2D eigenvalue weighted by molar-refractivity contribution is 5.80. The zero-order valence-electron chi connectivity index (χ0n) is 11.0. The van der Waals surface area contributed by atoms with Gasteiger partial charge in [-0.3, -0.25) is 0 Å². The summed E-state index contributed by atoms with van der Waals surface area (Å²) < 4.78 is 1.58. The maximum Gasteiger partial charge on any atom is 0.163 e. The second-order valence-corrected chi connectivity index (χ2v) is 4.77. The Labute approximate surface area is 122 Å². The molecule has 1 fully saturated rings. The molecule has 2 N–H and O–H groups in total. The van der Waals surface area contributed by atoms with Crippen molar-refractivity contribution in [1.82, 2.24) is 19.5 Å². The van der Waals surface area contributed by atoms with E-state index >= 15 is 0 Å². The molecule has 12 heteroatoms. The van der Waals surface area contributed by atoms with E-state index in [1.54, 1.807) is 4.57 Å². The van der Waals surface area contributed by atoms with Crippen LogP contribution in [0.4, 0.5) is 5.82 Å². The number of aliphatic hydroxyl groups excluding tert-OH is 2. The highest BCUT2D eigenvalue weighted by atomic mass is 16.3. The van der Waals surface area contributed by atoms with Crippen molar-refractivity contribution in [3.63, 3.8) is 0 Å². The maximum atomic E-state index is 9.92. The Morgan fingerprint density at radius 3 is 2.77 bits per heavy atom. The Hall–Kier alpha value is -2.91. The van der Waals surface area contributed by atoms with Gasteiger partial charge in [-0.25, -0.2) is 15.0 Å². The molecule has 3 rings (SSSR count). The van der Waals surface area contributed by atoms with Crippen molar-refractivity contribution < 1.29 is 10.2 Å². The molecular formula is C10H10N10O2. The molecule has 0 saturated heterocycles. The summed E-state index contributed by atoms with van der Waals surface area (Å²) in [4.78, 5) is 17.4. The van der Waals surface area contributed by atoms with Gasteiger partial charge in [0.15, 0.2) is 11.5 Å². The van der Waals surface area contributed by atoms with E-state index in [0.29, 0.717) is 5.65 Å². The van der Waals surface area contributed by atoms with Gasteiger partial charge in [0.25, 0.3) is 0 Å². The molecule has 12 nitrogen and oxygen atoms in total. The minimum atomic E-state index is -1.17. The Morgan fingerprint density at radius 2 is 2.05 bits per heavy atom. The number of azide groups is 2. The molecule has 0 spiro atoms. The van der Waals surface area contributed by atoms with E-state index in [4.69, 9.17) is 11.1 Å². The largest absolute Gasteiger partial charge is 0.390 e. The molecule has 0 aliphatic heterocycles. The SMILES string of the molecule is [N-]=[N+]=Nc1ncnc2c1ncn2[C@@H]1C[C@H](O)[C@H](O)[C@H]1N=[N+]=[N-].